The van der Waals surface area contributed by atoms with Crippen LogP contribution >= 0.6 is 11.3 Å². The van der Waals surface area contributed by atoms with Crippen LogP contribution in [0.5, 0.6) is 11.5 Å². The van der Waals surface area contributed by atoms with Crippen molar-refractivity contribution in [1.29, 1.82) is 0 Å². The van der Waals surface area contributed by atoms with Crippen LogP contribution in [0.25, 0.3) is 0 Å². The Morgan fingerprint density at radius 3 is 2.34 bits per heavy atom. The van der Waals surface area contributed by atoms with Gasteiger partial charge in [-0.2, -0.15) is 0 Å². The molecule has 1 heterocycles. The summed E-state index contributed by atoms with van der Waals surface area (Å²) in [4.78, 5) is 31.0. The molecule has 35 heavy (non-hydrogen) atoms. The molecule has 0 aliphatic carbocycles. The van der Waals surface area contributed by atoms with Gasteiger partial charge in [0.25, 0.3) is 5.91 Å². The Bertz CT molecular complexity index is 1110. The van der Waals surface area contributed by atoms with Gasteiger partial charge < -0.3 is 24.0 Å². The smallest absolute Gasteiger partial charge is 0.258 e. The molecule has 0 saturated carbocycles. The molecule has 0 aliphatic rings. The van der Waals surface area contributed by atoms with Crippen LogP contribution in [0.4, 0.5) is 4.39 Å². The third-order valence-corrected chi connectivity index (χ3v) is 6.25. The summed E-state index contributed by atoms with van der Waals surface area (Å²) in [5.41, 5.74) is 1.11. The fourth-order valence-corrected chi connectivity index (χ4v) is 4.22. The van der Waals surface area contributed by atoms with Crippen LogP contribution < -0.4 is 9.47 Å². The molecule has 0 spiro atoms. The van der Waals surface area contributed by atoms with Crippen molar-refractivity contribution in [3.8, 4) is 11.5 Å². The van der Waals surface area contributed by atoms with Gasteiger partial charge in [-0.25, -0.2) is 4.39 Å². The summed E-state index contributed by atoms with van der Waals surface area (Å²) in [7, 11) is 4.54. The van der Waals surface area contributed by atoms with E-state index in [1.54, 1.807) is 46.6 Å². The van der Waals surface area contributed by atoms with Gasteiger partial charge in [0, 0.05) is 31.1 Å². The summed E-state index contributed by atoms with van der Waals surface area (Å²) in [5.74, 6) is -0.0209. The fraction of sp³-hybridized carbons (Fsp3) is 0.308. The van der Waals surface area contributed by atoms with Gasteiger partial charge in [0.2, 0.25) is 5.91 Å². The van der Waals surface area contributed by atoms with Crippen LogP contribution in [0.3, 0.4) is 0 Å². The topological polar surface area (TPSA) is 68.3 Å². The zero-order valence-corrected chi connectivity index (χ0v) is 20.8. The lowest BCUT2D eigenvalue weighted by atomic mass is 10.1. The maximum atomic E-state index is 13.5. The van der Waals surface area contributed by atoms with Crippen molar-refractivity contribution in [2.45, 2.75) is 13.1 Å². The normalized spacial score (nSPS) is 10.6. The molecule has 186 valence electrons. The number of carbonyl (C=O) groups is 2. The van der Waals surface area contributed by atoms with Crippen molar-refractivity contribution in [3.63, 3.8) is 0 Å². The van der Waals surface area contributed by atoms with E-state index >= 15 is 0 Å². The molecule has 0 N–H and O–H groups in total. The quantitative estimate of drug-likeness (QED) is 0.373. The van der Waals surface area contributed by atoms with Crippen molar-refractivity contribution in [1.82, 2.24) is 9.80 Å². The first-order valence-electron chi connectivity index (χ1n) is 11.0. The van der Waals surface area contributed by atoms with Gasteiger partial charge in [0.15, 0.2) is 0 Å². The number of methoxy groups -OCH3 is 3. The first-order valence-corrected chi connectivity index (χ1v) is 11.9. The van der Waals surface area contributed by atoms with Crippen molar-refractivity contribution >= 4 is 23.2 Å². The number of hydrogen-bond acceptors (Lipinski definition) is 6. The number of hydrogen-bond donors (Lipinski definition) is 0. The Morgan fingerprint density at radius 1 is 0.943 bits per heavy atom. The van der Waals surface area contributed by atoms with Crippen LogP contribution in [0.15, 0.2) is 60.0 Å². The number of carbonyl (C=O) groups excluding carboxylic acids is 2. The van der Waals surface area contributed by atoms with E-state index < -0.39 is 0 Å². The van der Waals surface area contributed by atoms with Gasteiger partial charge in [-0.3, -0.25) is 9.59 Å². The second-order valence-corrected chi connectivity index (χ2v) is 8.77. The van der Waals surface area contributed by atoms with E-state index in [9.17, 15) is 14.0 Å². The number of amides is 2. The highest BCUT2D eigenvalue weighted by Crippen LogP contribution is 2.26. The third-order valence-electron chi connectivity index (χ3n) is 5.38. The first kappa shape index (κ1) is 26.2. The van der Waals surface area contributed by atoms with E-state index in [4.69, 9.17) is 14.2 Å². The van der Waals surface area contributed by atoms with Gasteiger partial charge >= 0.3 is 0 Å². The summed E-state index contributed by atoms with van der Waals surface area (Å²) in [5, 5.41) is 1.94. The van der Waals surface area contributed by atoms with Crippen LogP contribution in [0.1, 0.15) is 20.8 Å². The van der Waals surface area contributed by atoms with Gasteiger partial charge in [-0.15, -0.1) is 11.3 Å². The maximum Gasteiger partial charge on any atom is 0.258 e. The van der Waals surface area contributed by atoms with Crippen molar-refractivity contribution in [3.05, 3.63) is 81.8 Å². The van der Waals surface area contributed by atoms with Crippen LogP contribution in [-0.2, 0) is 22.6 Å². The maximum absolute atomic E-state index is 13.5. The van der Waals surface area contributed by atoms with Gasteiger partial charge in [0.1, 0.15) is 23.9 Å². The highest BCUT2D eigenvalue weighted by atomic mass is 32.1. The van der Waals surface area contributed by atoms with E-state index in [-0.39, 0.29) is 43.9 Å². The zero-order valence-electron chi connectivity index (χ0n) is 20.0. The predicted octanol–water partition coefficient (Wildman–Crippen LogP) is 4.22. The number of rotatable bonds is 12. The molecule has 3 aromatic rings. The highest BCUT2D eigenvalue weighted by molar-refractivity contribution is 7.09. The van der Waals surface area contributed by atoms with E-state index in [2.05, 4.69) is 0 Å². The Morgan fingerprint density at radius 2 is 1.71 bits per heavy atom. The van der Waals surface area contributed by atoms with Crippen molar-refractivity contribution in [2.24, 2.45) is 0 Å². The summed E-state index contributed by atoms with van der Waals surface area (Å²) in [6.45, 7) is 1.01. The van der Waals surface area contributed by atoms with Gasteiger partial charge in [0.05, 0.1) is 32.9 Å². The summed E-state index contributed by atoms with van der Waals surface area (Å²) < 4.78 is 29.2. The molecule has 1 aromatic heterocycles. The largest absolute Gasteiger partial charge is 0.497 e. The minimum Gasteiger partial charge on any atom is -0.497 e. The first-order chi connectivity index (χ1) is 16.9. The second-order valence-electron chi connectivity index (χ2n) is 7.74. The van der Waals surface area contributed by atoms with Gasteiger partial charge in [-0.1, -0.05) is 18.2 Å². The molecule has 0 fully saturated rings. The summed E-state index contributed by atoms with van der Waals surface area (Å²) >= 11 is 1.54. The molecule has 0 aliphatic heterocycles. The van der Waals surface area contributed by atoms with E-state index in [1.165, 1.54) is 38.4 Å². The number of halogens is 1. The standard InChI is InChI=1S/C26H29FN2O5S/c1-32-13-12-28(26(31)23-11-10-21(33-2)15-24(23)34-3)18-25(30)29(17-22-5-4-14-35-22)16-19-6-8-20(27)9-7-19/h4-11,14-15H,12-13,16-18H2,1-3H3. The third kappa shape index (κ3) is 7.27. The molecule has 0 saturated heterocycles. The molecule has 3 rings (SSSR count). The Balaban J connectivity index is 1.84. The number of nitrogens with zero attached hydrogens (tertiary/aromatic N) is 2. The van der Waals surface area contributed by atoms with Crippen LogP contribution in [0, 0.1) is 5.82 Å². The minimum absolute atomic E-state index is 0.149. The highest BCUT2D eigenvalue weighted by Gasteiger charge is 2.25. The molecule has 0 radical (unpaired) electrons. The Kier molecular flexibility index (Phi) is 9.63. The molecule has 0 unspecified atom stereocenters. The van der Waals surface area contributed by atoms with Crippen LogP contribution in [0.2, 0.25) is 0 Å². The molecule has 2 amide bonds. The molecular formula is C26H29FN2O5S. The summed E-state index contributed by atoms with van der Waals surface area (Å²) in [6.07, 6.45) is 0. The zero-order chi connectivity index (χ0) is 25.2. The molecular weight excluding hydrogens is 471 g/mol. The second kappa shape index (κ2) is 12.9. The molecule has 0 bridgehead atoms. The molecule has 9 heteroatoms. The van der Waals surface area contributed by atoms with E-state index in [1.807, 2.05) is 17.5 Å². The lowest BCUT2D eigenvalue weighted by Crippen LogP contribution is -2.43. The fourth-order valence-electron chi connectivity index (χ4n) is 3.50. The van der Waals surface area contributed by atoms with Crippen molar-refractivity contribution in [2.75, 3.05) is 41.0 Å². The monoisotopic (exact) mass is 500 g/mol. The average molecular weight is 501 g/mol. The lowest BCUT2D eigenvalue weighted by molar-refractivity contribution is -0.133. The number of benzene rings is 2. The van der Waals surface area contributed by atoms with Crippen molar-refractivity contribution < 1.29 is 28.2 Å². The predicted molar refractivity (Wildman–Crippen MR) is 132 cm³/mol. The molecule has 2 aromatic carbocycles. The Hall–Kier alpha value is -3.43. The summed E-state index contributed by atoms with van der Waals surface area (Å²) in [6, 6.07) is 14.8. The van der Waals surface area contributed by atoms with Crippen LogP contribution in [-0.4, -0.2) is 62.6 Å². The van der Waals surface area contributed by atoms with E-state index in [0.29, 0.717) is 23.6 Å². The molecule has 7 nitrogen and oxygen atoms in total. The molecule has 0 atom stereocenters. The number of ether oxygens (including phenoxy) is 3. The van der Waals surface area contributed by atoms with Gasteiger partial charge in [-0.05, 0) is 41.3 Å². The lowest BCUT2D eigenvalue weighted by Gasteiger charge is -2.28. The minimum atomic E-state index is -0.354. The Labute approximate surface area is 208 Å². The average Bonchev–Trinajstić information content (AvgIpc) is 3.39. The van der Waals surface area contributed by atoms with E-state index in [0.717, 1.165) is 10.4 Å². The number of thiophene rings is 1. The SMILES string of the molecule is COCCN(CC(=O)N(Cc1ccc(F)cc1)Cc1cccs1)C(=O)c1ccc(OC)cc1OC.